The Hall–Kier alpha value is -0.240. The molecule has 0 radical (unpaired) electrons. The van der Waals surface area contributed by atoms with Crippen molar-refractivity contribution in [3.63, 3.8) is 0 Å². The van der Waals surface area contributed by atoms with Crippen LogP contribution in [0.3, 0.4) is 0 Å². The summed E-state index contributed by atoms with van der Waals surface area (Å²) >= 11 is 2.23. The smallest absolute Gasteiger partial charge is 0.101 e. The van der Waals surface area contributed by atoms with Crippen LogP contribution in [0.4, 0.5) is 0 Å². The summed E-state index contributed by atoms with van der Waals surface area (Å²) in [4.78, 5) is 9.22. The monoisotopic (exact) mass is 375 g/mol. The van der Waals surface area contributed by atoms with Crippen LogP contribution in [0.2, 0.25) is 0 Å². The van der Waals surface area contributed by atoms with Crippen LogP contribution >= 0.6 is 22.6 Å². The lowest BCUT2D eigenvalue weighted by Gasteiger charge is -2.28. The summed E-state index contributed by atoms with van der Waals surface area (Å²) in [6.45, 7) is 7.54. The first-order valence-corrected chi connectivity index (χ1v) is 7.94. The zero-order chi connectivity index (χ0) is 13.7. The maximum atomic E-state index is 9.09. The average Bonchev–Trinajstić information content (AvgIpc) is 2.56. The number of aromatic nitrogens is 1. The Morgan fingerprint density at radius 1 is 1.42 bits per heavy atom. The molecule has 0 spiro atoms. The number of rotatable bonds is 4. The topological polar surface area (TPSA) is 39.6 Å². The Morgan fingerprint density at radius 2 is 2.26 bits per heavy atom. The molecular formula is C14H22IN3O. The Kier molecular flexibility index (Phi) is 6.00. The Balaban J connectivity index is 1.92. The molecule has 1 fully saturated rings. The molecule has 4 nitrogen and oxygen atoms in total. The van der Waals surface area contributed by atoms with Gasteiger partial charge in [-0.15, -0.1) is 0 Å². The summed E-state index contributed by atoms with van der Waals surface area (Å²) in [7, 11) is 0. The van der Waals surface area contributed by atoms with E-state index in [1.54, 1.807) is 0 Å². The van der Waals surface area contributed by atoms with Gasteiger partial charge in [0.2, 0.25) is 0 Å². The SMILES string of the molecule is C[C@H]1CN(Cc2ccc(I)nc2)CCCN1CCO. The molecule has 0 saturated carbocycles. The molecular weight excluding hydrogens is 353 g/mol. The van der Waals surface area contributed by atoms with Gasteiger partial charge in [0.05, 0.1) is 6.61 Å². The average molecular weight is 375 g/mol. The van der Waals surface area contributed by atoms with Crippen LogP contribution in [0.1, 0.15) is 18.9 Å². The third kappa shape index (κ3) is 4.66. The van der Waals surface area contributed by atoms with Crippen molar-refractivity contribution in [1.29, 1.82) is 0 Å². The summed E-state index contributed by atoms with van der Waals surface area (Å²) in [6.07, 6.45) is 3.14. The number of nitrogens with zero attached hydrogens (tertiary/aromatic N) is 3. The van der Waals surface area contributed by atoms with Crippen LogP contribution in [0.5, 0.6) is 0 Å². The first-order chi connectivity index (χ1) is 9.19. The number of aliphatic hydroxyl groups is 1. The Bertz CT molecular complexity index is 385. The zero-order valence-corrected chi connectivity index (χ0v) is 13.6. The number of hydrogen-bond donors (Lipinski definition) is 1. The van der Waals surface area contributed by atoms with Crippen molar-refractivity contribution in [2.75, 3.05) is 32.8 Å². The highest BCUT2D eigenvalue weighted by Gasteiger charge is 2.20. The second-order valence-corrected chi connectivity index (χ2v) is 6.29. The molecule has 5 heteroatoms. The van der Waals surface area contributed by atoms with E-state index >= 15 is 0 Å². The van der Waals surface area contributed by atoms with E-state index < -0.39 is 0 Å². The van der Waals surface area contributed by atoms with Crippen LogP contribution in [0.25, 0.3) is 0 Å². The summed E-state index contributed by atoms with van der Waals surface area (Å²) in [5.41, 5.74) is 1.28. The highest BCUT2D eigenvalue weighted by atomic mass is 127. The first kappa shape index (κ1) is 15.2. The van der Waals surface area contributed by atoms with Crippen LogP contribution < -0.4 is 0 Å². The summed E-state index contributed by atoms with van der Waals surface area (Å²) < 4.78 is 1.04. The van der Waals surface area contributed by atoms with Crippen molar-refractivity contribution in [2.45, 2.75) is 25.9 Å². The van der Waals surface area contributed by atoms with E-state index in [0.29, 0.717) is 6.04 Å². The van der Waals surface area contributed by atoms with Gasteiger partial charge in [-0.25, -0.2) is 0 Å². The van der Waals surface area contributed by atoms with Gasteiger partial charge in [-0.1, -0.05) is 6.07 Å². The molecule has 1 aromatic rings. The van der Waals surface area contributed by atoms with Gasteiger partial charge in [-0.2, -0.15) is 0 Å². The lowest BCUT2D eigenvalue weighted by atomic mass is 10.2. The van der Waals surface area contributed by atoms with Crippen molar-refractivity contribution in [3.8, 4) is 0 Å². The van der Waals surface area contributed by atoms with E-state index in [9.17, 15) is 0 Å². The van der Waals surface area contributed by atoms with Gasteiger partial charge >= 0.3 is 0 Å². The van der Waals surface area contributed by atoms with Gasteiger partial charge in [0.1, 0.15) is 3.70 Å². The van der Waals surface area contributed by atoms with Gasteiger partial charge in [-0.3, -0.25) is 14.8 Å². The van der Waals surface area contributed by atoms with Crippen molar-refractivity contribution >= 4 is 22.6 Å². The minimum Gasteiger partial charge on any atom is -0.395 e. The number of β-amino-alcohol motifs (C(OH)–C–C–N with tert-alkyl or cyclic N) is 1. The molecule has 1 aromatic heterocycles. The van der Waals surface area contributed by atoms with Crippen molar-refractivity contribution in [3.05, 3.63) is 27.6 Å². The van der Waals surface area contributed by atoms with Crippen LogP contribution in [0, 0.1) is 3.70 Å². The first-order valence-electron chi connectivity index (χ1n) is 6.86. The molecule has 1 aliphatic rings. The van der Waals surface area contributed by atoms with Gasteiger partial charge in [0.15, 0.2) is 0 Å². The van der Waals surface area contributed by atoms with Crippen molar-refractivity contribution in [2.24, 2.45) is 0 Å². The normalized spacial score (nSPS) is 22.4. The molecule has 19 heavy (non-hydrogen) atoms. The second-order valence-electron chi connectivity index (χ2n) is 5.19. The van der Waals surface area contributed by atoms with Crippen LogP contribution in [-0.4, -0.2) is 58.7 Å². The Morgan fingerprint density at radius 3 is 2.95 bits per heavy atom. The van der Waals surface area contributed by atoms with E-state index in [4.69, 9.17) is 5.11 Å². The largest absolute Gasteiger partial charge is 0.395 e. The molecule has 0 aliphatic carbocycles. The molecule has 2 heterocycles. The number of hydrogen-bond acceptors (Lipinski definition) is 4. The van der Waals surface area contributed by atoms with Crippen molar-refractivity contribution < 1.29 is 5.11 Å². The number of aliphatic hydroxyl groups excluding tert-OH is 1. The predicted molar refractivity (Wildman–Crippen MR) is 85.0 cm³/mol. The quantitative estimate of drug-likeness (QED) is 0.641. The minimum absolute atomic E-state index is 0.255. The van der Waals surface area contributed by atoms with E-state index in [0.717, 1.165) is 36.4 Å². The molecule has 0 bridgehead atoms. The van der Waals surface area contributed by atoms with Gasteiger partial charge < -0.3 is 5.11 Å². The van der Waals surface area contributed by atoms with E-state index in [1.807, 2.05) is 6.20 Å². The van der Waals surface area contributed by atoms with E-state index in [2.05, 4.69) is 56.4 Å². The summed E-state index contributed by atoms with van der Waals surface area (Å²) in [5, 5.41) is 9.09. The molecule has 1 N–H and O–H groups in total. The molecule has 106 valence electrons. The predicted octanol–water partition coefficient (Wildman–Crippen LogP) is 1.57. The highest BCUT2D eigenvalue weighted by Crippen LogP contribution is 2.13. The fourth-order valence-electron chi connectivity index (χ4n) is 2.66. The fourth-order valence-corrected chi connectivity index (χ4v) is 2.98. The maximum absolute atomic E-state index is 9.09. The van der Waals surface area contributed by atoms with Gasteiger partial charge in [0, 0.05) is 31.9 Å². The second kappa shape index (κ2) is 7.52. The zero-order valence-electron chi connectivity index (χ0n) is 11.4. The van der Waals surface area contributed by atoms with Crippen LogP contribution in [0.15, 0.2) is 18.3 Å². The van der Waals surface area contributed by atoms with Crippen molar-refractivity contribution in [1.82, 2.24) is 14.8 Å². The van der Waals surface area contributed by atoms with Gasteiger partial charge in [0.25, 0.3) is 0 Å². The third-order valence-electron chi connectivity index (χ3n) is 3.65. The number of pyridine rings is 1. The lowest BCUT2D eigenvalue weighted by molar-refractivity contribution is 0.151. The minimum atomic E-state index is 0.255. The van der Waals surface area contributed by atoms with E-state index in [-0.39, 0.29) is 6.61 Å². The van der Waals surface area contributed by atoms with E-state index in [1.165, 1.54) is 12.0 Å². The molecule has 0 unspecified atom stereocenters. The maximum Gasteiger partial charge on any atom is 0.101 e. The molecule has 0 aromatic carbocycles. The standard InChI is InChI=1S/C14H22IN3O/c1-12-10-17(5-2-6-18(12)7-8-19)11-13-3-4-14(15)16-9-13/h3-4,9,12,19H,2,5-8,10-11H2,1H3/t12-/m0/s1. The van der Waals surface area contributed by atoms with Crippen LogP contribution in [-0.2, 0) is 6.54 Å². The van der Waals surface area contributed by atoms with Gasteiger partial charge in [-0.05, 0) is 60.7 Å². The molecule has 1 atom stereocenters. The summed E-state index contributed by atoms with van der Waals surface area (Å²) in [6, 6.07) is 4.73. The molecule has 1 aliphatic heterocycles. The summed E-state index contributed by atoms with van der Waals surface area (Å²) in [5.74, 6) is 0. The third-order valence-corrected chi connectivity index (χ3v) is 4.29. The fraction of sp³-hybridized carbons (Fsp3) is 0.643. The molecule has 1 saturated heterocycles. The lowest BCUT2D eigenvalue weighted by Crippen LogP contribution is -2.40. The molecule has 2 rings (SSSR count). The Labute approximate surface area is 129 Å². The number of halogens is 1. The molecule has 0 amide bonds. The highest BCUT2D eigenvalue weighted by molar-refractivity contribution is 14.1.